The molecule has 0 bridgehead atoms. The highest BCUT2D eigenvalue weighted by Crippen LogP contribution is 2.30. The second-order valence-electron chi connectivity index (χ2n) is 9.56. The van der Waals surface area contributed by atoms with Crippen molar-refractivity contribution in [3.63, 3.8) is 0 Å². The van der Waals surface area contributed by atoms with Crippen LogP contribution in [0.2, 0.25) is 0 Å². The second-order valence-corrected chi connectivity index (χ2v) is 9.56. The van der Waals surface area contributed by atoms with Gasteiger partial charge in [0.2, 0.25) is 0 Å². The number of ether oxygens (including phenoxy) is 3. The summed E-state index contributed by atoms with van der Waals surface area (Å²) in [4.78, 5) is 12.4. The van der Waals surface area contributed by atoms with Gasteiger partial charge in [-0.05, 0) is 108 Å². The van der Waals surface area contributed by atoms with Gasteiger partial charge in [0.1, 0.15) is 30.5 Å². The van der Waals surface area contributed by atoms with Crippen molar-refractivity contribution in [3.8, 4) is 142 Å². The van der Waals surface area contributed by atoms with Crippen molar-refractivity contribution in [2.24, 2.45) is 0 Å². The number of rotatable bonds is 9. The summed E-state index contributed by atoms with van der Waals surface area (Å²) >= 11 is 0. The maximum absolute atomic E-state index is 12.4. The van der Waals surface area contributed by atoms with Crippen LogP contribution >= 0.6 is 0 Å². The summed E-state index contributed by atoms with van der Waals surface area (Å²) in [5, 5.41) is 44.1. The molecule has 2 unspecified atom stereocenters. The van der Waals surface area contributed by atoms with E-state index in [1.165, 1.54) is 0 Å². The van der Waals surface area contributed by atoms with E-state index < -0.39 is 54.9 Å². The minimum Gasteiger partial charge on any atom is -0.390 e. The summed E-state index contributed by atoms with van der Waals surface area (Å²) in [5.41, 5.74) is 0. The largest absolute Gasteiger partial charge is 0.390 e. The highest BCUT2D eigenvalue weighted by Gasteiger charge is 2.51. The summed E-state index contributed by atoms with van der Waals surface area (Å²) < 4.78 is 16.4. The van der Waals surface area contributed by atoms with Crippen molar-refractivity contribution < 1.29 is 39.4 Å². The molecule has 8 atom stereocenters. The normalized spacial score (nSPS) is 19.9. The topological polar surface area (TPSA) is 138 Å². The van der Waals surface area contributed by atoms with Gasteiger partial charge in [0.05, 0.1) is 25.4 Å². The lowest BCUT2D eigenvalue weighted by atomic mass is 9.95. The number of fused-ring (bicyclic) bond motifs is 1. The molecule has 0 aliphatic carbocycles. The molecule has 49 heavy (non-hydrogen) atoms. The van der Waals surface area contributed by atoms with Gasteiger partial charge in [0, 0.05) is 41.4 Å². The number of carbonyl (C=O) groups is 1. The van der Waals surface area contributed by atoms with Crippen LogP contribution in [-0.4, -0.2) is 88.5 Å². The van der Waals surface area contributed by atoms with Gasteiger partial charge in [-0.2, -0.15) is 0 Å². The molecular formula is C40H29NO8. The predicted molar refractivity (Wildman–Crippen MR) is 179 cm³/mol. The molecular weight excluding hydrogens is 622 g/mol. The van der Waals surface area contributed by atoms with Crippen molar-refractivity contribution >= 4 is 5.91 Å². The lowest BCUT2D eigenvalue weighted by molar-refractivity contribution is -0.351. The molecule has 9 heteroatoms. The van der Waals surface area contributed by atoms with Gasteiger partial charge < -0.3 is 40.0 Å². The number of aliphatic hydroxyl groups is 4. The van der Waals surface area contributed by atoms with Gasteiger partial charge in [-0.15, -0.1) is 0 Å². The molecule has 0 aromatic heterocycles. The second kappa shape index (κ2) is 24.1. The molecule has 2 aliphatic heterocycles. The van der Waals surface area contributed by atoms with Crippen LogP contribution in [0.25, 0.3) is 0 Å². The first-order chi connectivity index (χ1) is 23.9. The Balaban J connectivity index is 1.86. The molecule has 0 aromatic carbocycles. The smallest absolute Gasteiger partial charge is 0.297 e. The summed E-state index contributed by atoms with van der Waals surface area (Å²) in [6.45, 7) is 3.50. The molecule has 2 heterocycles. The van der Waals surface area contributed by atoms with Gasteiger partial charge >= 0.3 is 0 Å². The zero-order chi connectivity index (χ0) is 35.5. The van der Waals surface area contributed by atoms with Crippen LogP contribution in [0.15, 0.2) is 0 Å². The molecule has 2 rings (SSSR count). The SMILES string of the molecule is CC#CC#CC#CC#CC#CC#CC#CC#CC#CC#CC#CC#CC(=O)N[C@@H](CO[C@H]1OC2CO[C@@H]2[C@H](O)C1O)[C@H](O)[C@H](O)CCCC. The summed E-state index contributed by atoms with van der Waals surface area (Å²) in [5.74, 6) is 58.4. The molecule has 242 valence electrons. The first-order valence-electron chi connectivity index (χ1n) is 14.7. The molecule has 0 saturated carbocycles. The fraction of sp³-hybridized carbons (Fsp3) is 0.375. The quantitative estimate of drug-likeness (QED) is 0.186. The lowest BCUT2D eigenvalue weighted by Gasteiger charge is -2.48. The van der Waals surface area contributed by atoms with Crippen LogP contribution < -0.4 is 5.32 Å². The van der Waals surface area contributed by atoms with Gasteiger partial charge in [-0.3, -0.25) is 4.79 Å². The van der Waals surface area contributed by atoms with E-state index in [-0.39, 0.29) is 19.6 Å². The van der Waals surface area contributed by atoms with Gasteiger partial charge in [-0.1, -0.05) is 25.7 Å². The van der Waals surface area contributed by atoms with E-state index in [0.717, 1.165) is 6.42 Å². The van der Waals surface area contributed by atoms with E-state index >= 15 is 0 Å². The van der Waals surface area contributed by atoms with Crippen LogP contribution in [0.5, 0.6) is 0 Å². The Bertz CT molecular complexity index is 1980. The maximum Gasteiger partial charge on any atom is 0.297 e. The third-order valence-electron chi connectivity index (χ3n) is 6.12. The summed E-state index contributed by atoms with van der Waals surface area (Å²) in [7, 11) is 0. The van der Waals surface area contributed by atoms with Crippen LogP contribution in [0, 0.1) is 142 Å². The fourth-order valence-corrected chi connectivity index (χ4v) is 3.72. The molecule has 0 radical (unpaired) electrons. The molecule has 5 N–H and O–H groups in total. The van der Waals surface area contributed by atoms with Crippen molar-refractivity contribution in [1.82, 2.24) is 5.32 Å². The average Bonchev–Trinajstić information content (AvgIpc) is 3.08. The van der Waals surface area contributed by atoms with Crippen molar-refractivity contribution in [2.75, 3.05) is 13.2 Å². The van der Waals surface area contributed by atoms with Crippen LogP contribution in [-0.2, 0) is 19.0 Å². The van der Waals surface area contributed by atoms with Gasteiger partial charge in [0.25, 0.3) is 5.91 Å². The minimum absolute atomic E-state index is 0.237. The zero-order valence-electron chi connectivity index (χ0n) is 26.6. The van der Waals surface area contributed by atoms with E-state index in [2.05, 4.69) is 147 Å². The number of amides is 1. The van der Waals surface area contributed by atoms with E-state index in [0.29, 0.717) is 6.42 Å². The first kappa shape index (κ1) is 39.1. The summed E-state index contributed by atoms with van der Waals surface area (Å²) in [6.07, 6.45) is -5.81. The van der Waals surface area contributed by atoms with E-state index in [9.17, 15) is 25.2 Å². The highest BCUT2D eigenvalue weighted by atomic mass is 16.7. The third-order valence-corrected chi connectivity index (χ3v) is 6.12. The van der Waals surface area contributed by atoms with Crippen molar-refractivity contribution in [1.29, 1.82) is 0 Å². The molecule has 2 aliphatic rings. The fourth-order valence-electron chi connectivity index (χ4n) is 3.72. The number of aliphatic hydroxyl groups excluding tert-OH is 4. The van der Waals surface area contributed by atoms with E-state index in [4.69, 9.17) is 14.2 Å². The Morgan fingerprint density at radius 3 is 1.65 bits per heavy atom. The van der Waals surface area contributed by atoms with Gasteiger partial charge in [0.15, 0.2) is 6.29 Å². The van der Waals surface area contributed by atoms with Crippen molar-refractivity contribution in [2.45, 2.75) is 82.1 Å². The number of hydrogen-bond acceptors (Lipinski definition) is 8. The maximum atomic E-state index is 12.4. The molecule has 1 amide bonds. The minimum atomic E-state index is -1.41. The standard InChI is InChI=1S/C40H29NO8/c1-3-5-7-8-9-10-11-12-13-14-15-16-17-18-19-20-21-22-23-24-25-26-27-29-35(43)41-32(36(44)33(42)28-6-4-2)30-48-40-38(46)37(45)39-34(49-40)31-47-39/h32-34,36-40,42,44-46H,4,6,28,30-31H2,1-2H3,(H,41,43)/t32-,33+,34?,36-,37+,38?,39-,40-/m0/s1. The highest BCUT2D eigenvalue weighted by molar-refractivity contribution is 5.94. The van der Waals surface area contributed by atoms with Crippen LogP contribution in [0.4, 0.5) is 0 Å². The molecule has 2 saturated heterocycles. The first-order valence-corrected chi connectivity index (χ1v) is 14.7. The Morgan fingerprint density at radius 2 is 1.22 bits per heavy atom. The van der Waals surface area contributed by atoms with E-state index in [1.54, 1.807) is 6.92 Å². The predicted octanol–water partition coefficient (Wildman–Crippen LogP) is -1.69. The Morgan fingerprint density at radius 1 is 0.755 bits per heavy atom. The third kappa shape index (κ3) is 15.8. The monoisotopic (exact) mass is 651 g/mol. The van der Waals surface area contributed by atoms with E-state index in [1.807, 2.05) is 6.92 Å². The van der Waals surface area contributed by atoms with Crippen LogP contribution in [0.3, 0.4) is 0 Å². The van der Waals surface area contributed by atoms with Crippen molar-refractivity contribution in [3.05, 3.63) is 0 Å². The number of carbonyl (C=O) groups excluding carboxylic acids is 1. The molecule has 9 nitrogen and oxygen atoms in total. The average molecular weight is 652 g/mol. The Hall–Kier alpha value is -6.09. The molecule has 0 spiro atoms. The number of hydrogen-bond donors (Lipinski definition) is 5. The zero-order valence-corrected chi connectivity index (χ0v) is 26.6. The Kier molecular flexibility index (Phi) is 19.3. The molecule has 2 fully saturated rings. The molecule has 0 aromatic rings. The number of nitrogens with one attached hydrogen (secondary N) is 1. The summed E-state index contributed by atoms with van der Waals surface area (Å²) in [6, 6.07) is -1.12. The Labute approximate surface area is 287 Å². The van der Waals surface area contributed by atoms with Gasteiger partial charge in [-0.25, -0.2) is 0 Å². The van der Waals surface area contributed by atoms with Crippen LogP contribution in [0.1, 0.15) is 33.1 Å². The number of unbranched alkanes of at least 4 members (excludes halogenated alkanes) is 1. The lowest BCUT2D eigenvalue weighted by Crippen LogP contribution is -2.66.